The van der Waals surface area contributed by atoms with Gasteiger partial charge in [0.2, 0.25) is 0 Å². The molecule has 1 saturated heterocycles. The standard InChI is InChI=1S/C15H20N2O/c18-11-12-5-6-15(16-9-12)17-8-7-13-3-1-2-4-14(13)10-17/h5-6,9,11,13-14H,1-4,7-8,10H2. The Bertz CT molecular complexity index is 415. The third-order valence-corrected chi connectivity index (χ3v) is 4.52. The number of hydrogen-bond donors (Lipinski definition) is 0. The summed E-state index contributed by atoms with van der Waals surface area (Å²) in [5, 5.41) is 0. The molecule has 2 atom stereocenters. The first kappa shape index (κ1) is 11.7. The fourth-order valence-corrected chi connectivity index (χ4v) is 3.46. The van der Waals surface area contributed by atoms with E-state index in [2.05, 4.69) is 9.88 Å². The number of aldehydes is 1. The molecule has 0 bridgehead atoms. The molecule has 0 N–H and O–H groups in total. The second-order valence-electron chi connectivity index (χ2n) is 5.61. The summed E-state index contributed by atoms with van der Waals surface area (Å²) in [4.78, 5) is 17.4. The molecule has 96 valence electrons. The maximum atomic E-state index is 10.6. The van der Waals surface area contributed by atoms with Crippen LogP contribution < -0.4 is 4.90 Å². The fourth-order valence-electron chi connectivity index (χ4n) is 3.46. The molecule has 0 amide bonds. The predicted molar refractivity (Wildman–Crippen MR) is 71.9 cm³/mol. The molecule has 2 unspecified atom stereocenters. The Morgan fingerprint density at radius 1 is 1.17 bits per heavy atom. The van der Waals surface area contributed by atoms with Crippen molar-refractivity contribution < 1.29 is 4.79 Å². The van der Waals surface area contributed by atoms with Crippen molar-refractivity contribution in [3.63, 3.8) is 0 Å². The van der Waals surface area contributed by atoms with Gasteiger partial charge in [-0.25, -0.2) is 4.98 Å². The van der Waals surface area contributed by atoms with Gasteiger partial charge >= 0.3 is 0 Å². The molecule has 0 radical (unpaired) electrons. The third kappa shape index (κ3) is 2.26. The van der Waals surface area contributed by atoms with E-state index in [1.807, 2.05) is 12.1 Å². The topological polar surface area (TPSA) is 33.2 Å². The van der Waals surface area contributed by atoms with Crippen molar-refractivity contribution in [3.05, 3.63) is 23.9 Å². The van der Waals surface area contributed by atoms with Gasteiger partial charge in [-0.05, 0) is 36.8 Å². The van der Waals surface area contributed by atoms with Crippen molar-refractivity contribution in [3.8, 4) is 0 Å². The van der Waals surface area contributed by atoms with Crippen molar-refractivity contribution >= 4 is 12.1 Å². The zero-order valence-corrected chi connectivity index (χ0v) is 10.7. The Morgan fingerprint density at radius 2 is 2.00 bits per heavy atom. The molecule has 0 spiro atoms. The Hall–Kier alpha value is -1.38. The lowest BCUT2D eigenvalue weighted by Gasteiger charge is -2.41. The summed E-state index contributed by atoms with van der Waals surface area (Å²) in [7, 11) is 0. The van der Waals surface area contributed by atoms with Gasteiger partial charge in [0.15, 0.2) is 6.29 Å². The van der Waals surface area contributed by atoms with Crippen molar-refractivity contribution in [2.24, 2.45) is 11.8 Å². The average Bonchev–Trinajstić information content (AvgIpc) is 2.47. The lowest BCUT2D eigenvalue weighted by molar-refractivity contribution is 0.112. The molecule has 2 aliphatic rings. The van der Waals surface area contributed by atoms with Crippen LogP contribution in [0, 0.1) is 11.8 Å². The van der Waals surface area contributed by atoms with Crippen LogP contribution in [0.3, 0.4) is 0 Å². The zero-order chi connectivity index (χ0) is 12.4. The lowest BCUT2D eigenvalue weighted by atomic mass is 9.75. The number of anilines is 1. The maximum Gasteiger partial charge on any atom is 0.151 e. The number of carbonyl (C=O) groups is 1. The van der Waals surface area contributed by atoms with Crippen LogP contribution in [-0.4, -0.2) is 24.4 Å². The van der Waals surface area contributed by atoms with E-state index in [0.29, 0.717) is 5.56 Å². The summed E-state index contributed by atoms with van der Waals surface area (Å²) < 4.78 is 0. The molecule has 1 aromatic heterocycles. The van der Waals surface area contributed by atoms with Crippen LogP contribution in [0.2, 0.25) is 0 Å². The van der Waals surface area contributed by atoms with Crippen molar-refractivity contribution in [1.82, 2.24) is 4.98 Å². The Kier molecular flexibility index (Phi) is 3.31. The minimum Gasteiger partial charge on any atom is -0.356 e. The highest BCUT2D eigenvalue weighted by Crippen LogP contribution is 2.37. The van der Waals surface area contributed by atoms with E-state index in [1.54, 1.807) is 6.20 Å². The molecule has 0 aromatic carbocycles. The van der Waals surface area contributed by atoms with Crippen LogP contribution in [0.4, 0.5) is 5.82 Å². The SMILES string of the molecule is O=Cc1ccc(N2CCC3CCCCC3C2)nc1. The summed E-state index contributed by atoms with van der Waals surface area (Å²) >= 11 is 0. The number of pyridine rings is 1. The second kappa shape index (κ2) is 5.09. The monoisotopic (exact) mass is 244 g/mol. The number of piperidine rings is 1. The highest BCUT2D eigenvalue weighted by atomic mass is 16.1. The first-order chi connectivity index (χ1) is 8.86. The van der Waals surface area contributed by atoms with Crippen LogP contribution in [0.5, 0.6) is 0 Å². The number of hydrogen-bond acceptors (Lipinski definition) is 3. The normalized spacial score (nSPS) is 27.7. The molecule has 2 fully saturated rings. The van der Waals surface area contributed by atoms with E-state index in [0.717, 1.165) is 37.0 Å². The average molecular weight is 244 g/mol. The largest absolute Gasteiger partial charge is 0.356 e. The molecule has 3 heteroatoms. The second-order valence-corrected chi connectivity index (χ2v) is 5.61. The first-order valence-electron chi connectivity index (χ1n) is 7.03. The highest BCUT2D eigenvalue weighted by molar-refractivity contribution is 5.74. The predicted octanol–water partition coefficient (Wildman–Crippen LogP) is 2.91. The minimum absolute atomic E-state index is 0.659. The maximum absolute atomic E-state index is 10.6. The fraction of sp³-hybridized carbons (Fsp3) is 0.600. The number of rotatable bonds is 2. The number of aromatic nitrogens is 1. The molecule has 3 nitrogen and oxygen atoms in total. The van der Waals surface area contributed by atoms with Crippen LogP contribution in [0.15, 0.2) is 18.3 Å². The van der Waals surface area contributed by atoms with Gasteiger partial charge < -0.3 is 4.90 Å². The quantitative estimate of drug-likeness (QED) is 0.750. The Labute approximate surface area is 108 Å². The van der Waals surface area contributed by atoms with Gasteiger partial charge in [0.1, 0.15) is 5.82 Å². The summed E-state index contributed by atoms with van der Waals surface area (Å²) in [6, 6.07) is 3.84. The summed E-state index contributed by atoms with van der Waals surface area (Å²) in [6.07, 6.45) is 9.46. The molecule has 1 aliphatic heterocycles. The van der Waals surface area contributed by atoms with Gasteiger partial charge in [-0.3, -0.25) is 4.79 Å². The Morgan fingerprint density at radius 3 is 2.72 bits per heavy atom. The lowest BCUT2D eigenvalue weighted by Crippen LogP contribution is -2.42. The molecular weight excluding hydrogens is 224 g/mol. The van der Waals surface area contributed by atoms with Crippen LogP contribution in [0.25, 0.3) is 0 Å². The van der Waals surface area contributed by atoms with E-state index < -0.39 is 0 Å². The van der Waals surface area contributed by atoms with Crippen molar-refractivity contribution in [2.45, 2.75) is 32.1 Å². The summed E-state index contributed by atoms with van der Waals surface area (Å²) in [6.45, 7) is 2.27. The smallest absolute Gasteiger partial charge is 0.151 e. The van der Waals surface area contributed by atoms with Gasteiger partial charge in [0.25, 0.3) is 0 Å². The van der Waals surface area contributed by atoms with Gasteiger partial charge in [-0.15, -0.1) is 0 Å². The molecule has 2 heterocycles. The van der Waals surface area contributed by atoms with E-state index in [4.69, 9.17) is 0 Å². The van der Waals surface area contributed by atoms with E-state index >= 15 is 0 Å². The van der Waals surface area contributed by atoms with Crippen LogP contribution >= 0.6 is 0 Å². The molecule has 18 heavy (non-hydrogen) atoms. The van der Waals surface area contributed by atoms with E-state index in [-0.39, 0.29) is 0 Å². The number of fused-ring (bicyclic) bond motifs is 1. The van der Waals surface area contributed by atoms with Gasteiger partial charge in [0, 0.05) is 24.8 Å². The first-order valence-corrected chi connectivity index (χ1v) is 7.03. The van der Waals surface area contributed by atoms with Gasteiger partial charge in [-0.2, -0.15) is 0 Å². The highest BCUT2D eigenvalue weighted by Gasteiger charge is 2.31. The summed E-state index contributed by atoms with van der Waals surface area (Å²) in [5.41, 5.74) is 0.659. The third-order valence-electron chi connectivity index (χ3n) is 4.52. The molecule has 1 saturated carbocycles. The van der Waals surface area contributed by atoms with Crippen molar-refractivity contribution in [1.29, 1.82) is 0 Å². The Balaban J connectivity index is 1.70. The van der Waals surface area contributed by atoms with Gasteiger partial charge in [0.05, 0.1) is 0 Å². The zero-order valence-electron chi connectivity index (χ0n) is 10.7. The number of carbonyl (C=O) groups excluding carboxylic acids is 1. The van der Waals surface area contributed by atoms with Crippen molar-refractivity contribution in [2.75, 3.05) is 18.0 Å². The van der Waals surface area contributed by atoms with E-state index in [1.165, 1.54) is 32.1 Å². The molecule has 3 rings (SSSR count). The van der Waals surface area contributed by atoms with Crippen LogP contribution in [-0.2, 0) is 0 Å². The van der Waals surface area contributed by atoms with Gasteiger partial charge in [-0.1, -0.05) is 19.3 Å². The molecular formula is C15H20N2O. The molecule has 1 aromatic rings. The minimum atomic E-state index is 0.659. The summed E-state index contributed by atoms with van der Waals surface area (Å²) in [5.74, 6) is 2.84. The molecule has 1 aliphatic carbocycles. The van der Waals surface area contributed by atoms with Crippen LogP contribution in [0.1, 0.15) is 42.5 Å². The number of nitrogens with zero attached hydrogens (tertiary/aromatic N) is 2. The van der Waals surface area contributed by atoms with E-state index in [9.17, 15) is 4.79 Å².